The Morgan fingerprint density at radius 2 is 1.89 bits per heavy atom. The molecule has 1 aliphatic heterocycles. The van der Waals surface area contributed by atoms with Crippen molar-refractivity contribution in [2.75, 3.05) is 5.88 Å². The molecule has 0 aliphatic carbocycles. The van der Waals surface area contributed by atoms with Crippen molar-refractivity contribution in [2.24, 2.45) is 0 Å². The predicted octanol–water partition coefficient (Wildman–Crippen LogP) is 3.54. The number of rotatable bonds is 7. The molecule has 1 atom stereocenters. The summed E-state index contributed by atoms with van der Waals surface area (Å²) >= 11 is 1.71. The highest BCUT2D eigenvalue weighted by atomic mass is 32.2. The molecule has 0 radical (unpaired) electrons. The van der Waals surface area contributed by atoms with Crippen LogP contribution in [0.4, 0.5) is 0 Å². The van der Waals surface area contributed by atoms with Crippen LogP contribution in [0.1, 0.15) is 43.7 Å². The SMILES string of the molecule is CCCCCCc1ccc(CC2SCNC2=O)cc1. The number of hydrogen-bond acceptors (Lipinski definition) is 2. The Balaban J connectivity index is 1.79. The number of amides is 1. The molecule has 2 rings (SSSR count). The highest BCUT2D eigenvalue weighted by Gasteiger charge is 2.24. The van der Waals surface area contributed by atoms with Gasteiger partial charge in [0.15, 0.2) is 0 Å². The first-order valence-electron chi connectivity index (χ1n) is 7.26. The van der Waals surface area contributed by atoms with Gasteiger partial charge in [0.2, 0.25) is 5.91 Å². The van der Waals surface area contributed by atoms with Crippen molar-refractivity contribution in [2.45, 2.75) is 50.7 Å². The number of nitrogens with one attached hydrogen (secondary N) is 1. The zero-order chi connectivity index (χ0) is 13.5. The molecule has 0 aromatic heterocycles. The van der Waals surface area contributed by atoms with Crippen molar-refractivity contribution in [3.8, 4) is 0 Å². The summed E-state index contributed by atoms with van der Waals surface area (Å²) in [4.78, 5) is 11.5. The Bertz CT molecular complexity index is 402. The van der Waals surface area contributed by atoms with Crippen LogP contribution in [-0.4, -0.2) is 17.0 Å². The maximum Gasteiger partial charge on any atom is 0.234 e. The highest BCUT2D eigenvalue weighted by Crippen LogP contribution is 2.21. The van der Waals surface area contributed by atoms with Crippen molar-refractivity contribution in [3.05, 3.63) is 35.4 Å². The van der Waals surface area contributed by atoms with E-state index in [0.29, 0.717) is 0 Å². The molecule has 1 aromatic rings. The Labute approximate surface area is 120 Å². The summed E-state index contributed by atoms with van der Waals surface area (Å²) < 4.78 is 0. The molecule has 104 valence electrons. The molecule has 3 heteroatoms. The Morgan fingerprint density at radius 3 is 2.53 bits per heavy atom. The van der Waals surface area contributed by atoms with Crippen LogP contribution in [0.25, 0.3) is 0 Å². The van der Waals surface area contributed by atoms with Gasteiger partial charge < -0.3 is 5.32 Å². The van der Waals surface area contributed by atoms with Crippen molar-refractivity contribution < 1.29 is 4.79 Å². The average Bonchev–Trinajstić information content (AvgIpc) is 2.82. The molecule has 1 N–H and O–H groups in total. The van der Waals surface area contributed by atoms with Gasteiger partial charge in [0.05, 0.1) is 11.1 Å². The summed E-state index contributed by atoms with van der Waals surface area (Å²) in [6, 6.07) is 8.81. The molecule has 1 aliphatic rings. The number of thioether (sulfide) groups is 1. The van der Waals surface area contributed by atoms with Crippen LogP contribution in [0.15, 0.2) is 24.3 Å². The normalized spacial score (nSPS) is 18.6. The summed E-state index contributed by atoms with van der Waals surface area (Å²) in [5.74, 6) is 0.951. The first-order valence-corrected chi connectivity index (χ1v) is 8.31. The molecule has 2 nitrogen and oxygen atoms in total. The molecule has 0 bridgehead atoms. The van der Waals surface area contributed by atoms with Crippen LogP contribution in [0.3, 0.4) is 0 Å². The lowest BCUT2D eigenvalue weighted by atomic mass is 10.0. The average molecular weight is 277 g/mol. The lowest BCUT2D eigenvalue weighted by Crippen LogP contribution is -2.23. The van der Waals surface area contributed by atoms with E-state index >= 15 is 0 Å². The molecule has 0 saturated carbocycles. The lowest BCUT2D eigenvalue weighted by Gasteiger charge is -2.07. The minimum atomic E-state index is 0.107. The lowest BCUT2D eigenvalue weighted by molar-refractivity contribution is -0.119. The maximum absolute atomic E-state index is 11.5. The summed E-state index contributed by atoms with van der Waals surface area (Å²) in [7, 11) is 0. The molecular weight excluding hydrogens is 254 g/mol. The quantitative estimate of drug-likeness (QED) is 0.772. The van der Waals surface area contributed by atoms with Crippen molar-refractivity contribution in [3.63, 3.8) is 0 Å². The number of unbranched alkanes of at least 4 members (excludes halogenated alkanes) is 3. The van der Waals surface area contributed by atoms with Crippen molar-refractivity contribution >= 4 is 17.7 Å². The van der Waals surface area contributed by atoms with Gasteiger partial charge in [-0.3, -0.25) is 4.79 Å². The summed E-state index contributed by atoms with van der Waals surface area (Å²) in [5, 5.41) is 2.97. The predicted molar refractivity (Wildman–Crippen MR) is 82.4 cm³/mol. The second-order valence-corrected chi connectivity index (χ2v) is 6.36. The van der Waals surface area contributed by atoms with Gasteiger partial charge in [0.25, 0.3) is 0 Å². The van der Waals surface area contributed by atoms with Gasteiger partial charge in [-0.2, -0.15) is 0 Å². The molecule has 19 heavy (non-hydrogen) atoms. The largest absolute Gasteiger partial charge is 0.346 e. The first kappa shape index (κ1) is 14.4. The molecule has 1 amide bonds. The molecule has 0 spiro atoms. The third-order valence-corrected chi connectivity index (χ3v) is 4.68. The van der Waals surface area contributed by atoms with E-state index in [1.807, 2.05) is 0 Å². The monoisotopic (exact) mass is 277 g/mol. The fraction of sp³-hybridized carbons (Fsp3) is 0.562. The van der Waals surface area contributed by atoms with Crippen LogP contribution in [0, 0.1) is 0 Å². The van der Waals surface area contributed by atoms with Gasteiger partial charge in [0, 0.05) is 0 Å². The summed E-state index contributed by atoms with van der Waals surface area (Å²) in [6.45, 7) is 2.24. The number of aryl methyl sites for hydroxylation is 1. The fourth-order valence-corrected chi connectivity index (χ4v) is 3.34. The minimum absolute atomic E-state index is 0.107. The zero-order valence-electron chi connectivity index (χ0n) is 11.7. The molecule has 1 fully saturated rings. The van der Waals surface area contributed by atoms with E-state index in [2.05, 4.69) is 36.5 Å². The van der Waals surface area contributed by atoms with Crippen LogP contribution in [0.5, 0.6) is 0 Å². The molecule has 1 aromatic carbocycles. The van der Waals surface area contributed by atoms with Gasteiger partial charge in [-0.1, -0.05) is 50.5 Å². The molecule has 1 unspecified atom stereocenters. The number of hydrogen-bond donors (Lipinski definition) is 1. The van der Waals surface area contributed by atoms with E-state index in [1.54, 1.807) is 11.8 Å². The van der Waals surface area contributed by atoms with Crippen LogP contribution in [-0.2, 0) is 17.6 Å². The first-order chi connectivity index (χ1) is 9.29. The third-order valence-electron chi connectivity index (χ3n) is 3.59. The number of benzene rings is 1. The topological polar surface area (TPSA) is 29.1 Å². The second kappa shape index (κ2) is 7.59. The number of carbonyl (C=O) groups is 1. The van der Waals surface area contributed by atoms with Gasteiger partial charge in [0.1, 0.15) is 0 Å². The van der Waals surface area contributed by atoms with E-state index in [1.165, 1.54) is 43.2 Å². The summed E-state index contributed by atoms with van der Waals surface area (Å²) in [6.07, 6.45) is 7.28. The van der Waals surface area contributed by atoms with E-state index in [-0.39, 0.29) is 11.2 Å². The van der Waals surface area contributed by atoms with Gasteiger partial charge >= 0.3 is 0 Å². The van der Waals surface area contributed by atoms with E-state index in [0.717, 1.165) is 12.3 Å². The van der Waals surface area contributed by atoms with E-state index < -0.39 is 0 Å². The van der Waals surface area contributed by atoms with E-state index in [9.17, 15) is 4.79 Å². The fourth-order valence-electron chi connectivity index (χ4n) is 2.37. The van der Waals surface area contributed by atoms with E-state index in [4.69, 9.17) is 0 Å². The van der Waals surface area contributed by atoms with Crippen LogP contribution >= 0.6 is 11.8 Å². The Kier molecular flexibility index (Phi) is 5.77. The zero-order valence-corrected chi connectivity index (χ0v) is 12.5. The number of carbonyl (C=O) groups excluding carboxylic acids is 1. The molecule has 1 saturated heterocycles. The molecule has 1 heterocycles. The highest BCUT2D eigenvalue weighted by molar-refractivity contribution is 8.01. The standard InChI is InChI=1S/C16H23NOS/c1-2-3-4-5-6-13-7-9-14(10-8-13)11-15-16(18)17-12-19-15/h7-10,15H,2-6,11-12H2,1H3,(H,17,18). The smallest absolute Gasteiger partial charge is 0.234 e. The maximum atomic E-state index is 11.5. The van der Waals surface area contributed by atoms with Crippen LogP contribution < -0.4 is 5.32 Å². The second-order valence-electron chi connectivity index (χ2n) is 5.17. The Morgan fingerprint density at radius 1 is 1.16 bits per heavy atom. The van der Waals surface area contributed by atoms with Crippen molar-refractivity contribution in [1.29, 1.82) is 0 Å². The minimum Gasteiger partial charge on any atom is -0.346 e. The molecular formula is C16H23NOS. The summed E-state index contributed by atoms with van der Waals surface area (Å²) in [5.41, 5.74) is 2.69. The Hall–Kier alpha value is -0.960. The van der Waals surface area contributed by atoms with Crippen LogP contribution in [0.2, 0.25) is 0 Å². The van der Waals surface area contributed by atoms with Gasteiger partial charge in [-0.05, 0) is 30.4 Å². The van der Waals surface area contributed by atoms with Crippen molar-refractivity contribution in [1.82, 2.24) is 5.32 Å². The third kappa shape index (κ3) is 4.57. The van der Waals surface area contributed by atoms with Gasteiger partial charge in [-0.25, -0.2) is 0 Å². The van der Waals surface area contributed by atoms with Gasteiger partial charge in [-0.15, -0.1) is 11.8 Å².